The Labute approximate surface area is 159 Å². The van der Waals surface area contributed by atoms with Crippen LogP contribution in [0.5, 0.6) is 11.5 Å². The van der Waals surface area contributed by atoms with Crippen molar-refractivity contribution in [3.05, 3.63) is 58.6 Å². The zero-order valence-electron chi connectivity index (χ0n) is 14.1. The highest BCUT2D eigenvalue weighted by molar-refractivity contribution is 7.14. The van der Waals surface area contributed by atoms with Gasteiger partial charge in [-0.05, 0) is 36.4 Å². The van der Waals surface area contributed by atoms with Gasteiger partial charge in [0.1, 0.15) is 17.2 Å². The number of hydrogen-bond acceptors (Lipinski definition) is 6. The monoisotopic (exact) mass is 389 g/mol. The lowest BCUT2D eigenvalue weighted by atomic mass is 10.3. The second-order valence-electron chi connectivity index (χ2n) is 5.19. The number of halogens is 1. The van der Waals surface area contributed by atoms with E-state index in [2.05, 4.69) is 15.6 Å². The highest BCUT2D eigenvalue weighted by Crippen LogP contribution is 2.32. The summed E-state index contributed by atoms with van der Waals surface area (Å²) in [5, 5.41) is 8.80. The van der Waals surface area contributed by atoms with Crippen molar-refractivity contribution >= 4 is 45.4 Å². The van der Waals surface area contributed by atoms with Crippen molar-refractivity contribution in [2.45, 2.75) is 0 Å². The Hall–Kier alpha value is -2.77. The van der Waals surface area contributed by atoms with Gasteiger partial charge >= 0.3 is 0 Å². The van der Waals surface area contributed by atoms with Crippen molar-refractivity contribution in [3.8, 4) is 11.5 Å². The number of rotatable bonds is 6. The molecule has 1 aromatic heterocycles. The molecule has 3 aromatic rings. The minimum absolute atomic E-state index is 0.293. The number of amides is 1. The summed E-state index contributed by atoms with van der Waals surface area (Å²) in [6, 6.07) is 12.3. The molecule has 0 saturated carbocycles. The molecule has 26 heavy (non-hydrogen) atoms. The summed E-state index contributed by atoms with van der Waals surface area (Å²) in [5.74, 6) is 1.01. The molecule has 134 valence electrons. The maximum absolute atomic E-state index is 12.3. The van der Waals surface area contributed by atoms with Crippen LogP contribution in [0.3, 0.4) is 0 Å². The number of thiazole rings is 1. The van der Waals surface area contributed by atoms with Gasteiger partial charge in [-0.1, -0.05) is 11.6 Å². The molecule has 0 aliphatic rings. The molecule has 6 nitrogen and oxygen atoms in total. The van der Waals surface area contributed by atoms with Crippen LogP contribution in [0.25, 0.3) is 0 Å². The zero-order chi connectivity index (χ0) is 18.5. The first-order chi connectivity index (χ1) is 12.6. The summed E-state index contributed by atoms with van der Waals surface area (Å²) in [7, 11) is 3.17. The van der Waals surface area contributed by atoms with Crippen molar-refractivity contribution < 1.29 is 14.3 Å². The van der Waals surface area contributed by atoms with E-state index in [1.54, 1.807) is 49.9 Å². The van der Waals surface area contributed by atoms with Crippen LogP contribution < -0.4 is 20.1 Å². The topological polar surface area (TPSA) is 72.5 Å². The lowest BCUT2D eigenvalue weighted by Gasteiger charge is -2.10. The van der Waals surface area contributed by atoms with Gasteiger partial charge in [-0.25, -0.2) is 4.98 Å². The van der Waals surface area contributed by atoms with Crippen LogP contribution in [-0.4, -0.2) is 25.1 Å². The van der Waals surface area contributed by atoms with Crippen LogP contribution in [0.15, 0.2) is 47.8 Å². The minimum Gasteiger partial charge on any atom is -0.497 e. The average Bonchev–Trinajstić information content (AvgIpc) is 3.12. The van der Waals surface area contributed by atoms with Crippen LogP contribution in [0.2, 0.25) is 5.02 Å². The highest BCUT2D eigenvalue weighted by atomic mass is 35.5. The third kappa shape index (κ3) is 4.25. The fourth-order valence-electron chi connectivity index (χ4n) is 2.18. The van der Waals surface area contributed by atoms with Gasteiger partial charge in [-0.3, -0.25) is 4.79 Å². The van der Waals surface area contributed by atoms with E-state index >= 15 is 0 Å². The number of nitrogens with zero attached hydrogens (tertiary/aromatic N) is 1. The number of anilines is 3. The smallest absolute Gasteiger partial charge is 0.275 e. The molecule has 0 bridgehead atoms. The van der Waals surface area contributed by atoms with Crippen LogP contribution >= 0.6 is 22.9 Å². The van der Waals surface area contributed by atoms with Gasteiger partial charge in [-0.2, -0.15) is 0 Å². The maximum Gasteiger partial charge on any atom is 0.275 e. The Bertz CT molecular complexity index is 912. The van der Waals surface area contributed by atoms with Crippen LogP contribution in [0, 0.1) is 0 Å². The van der Waals surface area contributed by atoms with Gasteiger partial charge in [0, 0.05) is 22.2 Å². The molecule has 0 atom stereocenters. The van der Waals surface area contributed by atoms with Gasteiger partial charge in [0.2, 0.25) is 0 Å². The minimum atomic E-state index is -0.293. The van der Waals surface area contributed by atoms with Gasteiger partial charge in [0.05, 0.1) is 19.9 Å². The lowest BCUT2D eigenvalue weighted by molar-refractivity contribution is 0.102. The number of nitrogens with one attached hydrogen (secondary N) is 2. The predicted octanol–water partition coefficient (Wildman–Crippen LogP) is 4.81. The molecule has 8 heteroatoms. The molecule has 0 fully saturated rings. The zero-order valence-corrected chi connectivity index (χ0v) is 15.6. The molecule has 3 rings (SSSR count). The van der Waals surface area contributed by atoms with E-state index in [9.17, 15) is 4.79 Å². The molecule has 0 radical (unpaired) electrons. The quantitative estimate of drug-likeness (QED) is 0.633. The van der Waals surface area contributed by atoms with Crippen molar-refractivity contribution in [3.63, 3.8) is 0 Å². The van der Waals surface area contributed by atoms with Crippen LogP contribution in [0.1, 0.15) is 10.5 Å². The van der Waals surface area contributed by atoms with Crippen molar-refractivity contribution in [1.29, 1.82) is 0 Å². The Balaban J connectivity index is 1.71. The van der Waals surface area contributed by atoms with Crippen LogP contribution in [-0.2, 0) is 0 Å². The average molecular weight is 390 g/mol. The molecule has 1 heterocycles. The summed E-state index contributed by atoms with van der Waals surface area (Å²) in [5.41, 5.74) is 1.70. The van der Waals surface area contributed by atoms with E-state index in [4.69, 9.17) is 21.1 Å². The van der Waals surface area contributed by atoms with Crippen molar-refractivity contribution in [1.82, 2.24) is 4.98 Å². The van der Waals surface area contributed by atoms with Crippen LogP contribution in [0.4, 0.5) is 16.5 Å². The van der Waals surface area contributed by atoms with Gasteiger partial charge in [-0.15, -0.1) is 11.3 Å². The number of carbonyl (C=O) groups excluding carboxylic acids is 1. The Morgan fingerprint density at radius 3 is 2.58 bits per heavy atom. The lowest BCUT2D eigenvalue weighted by Crippen LogP contribution is -2.12. The summed E-state index contributed by atoms with van der Waals surface area (Å²) in [4.78, 5) is 16.6. The van der Waals surface area contributed by atoms with E-state index in [-0.39, 0.29) is 5.91 Å². The van der Waals surface area contributed by atoms with Gasteiger partial charge in [0.15, 0.2) is 5.13 Å². The third-order valence-corrected chi connectivity index (χ3v) is 4.50. The molecule has 0 aliphatic heterocycles. The van der Waals surface area contributed by atoms with E-state index < -0.39 is 0 Å². The number of benzene rings is 2. The molecule has 1 amide bonds. The van der Waals surface area contributed by atoms with E-state index in [0.29, 0.717) is 33.0 Å². The number of carbonyl (C=O) groups is 1. The SMILES string of the molecule is COc1ccc(Nc2nc(C(=O)Nc3ccc(Cl)cc3)cs2)c(OC)c1. The maximum atomic E-state index is 12.3. The van der Waals surface area contributed by atoms with E-state index in [1.165, 1.54) is 11.3 Å². The van der Waals surface area contributed by atoms with E-state index in [0.717, 1.165) is 5.69 Å². The number of ether oxygens (including phenoxy) is 2. The fourth-order valence-corrected chi connectivity index (χ4v) is 3.01. The molecule has 0 unspecified atom stereocenters. The summed E-state index contributed by atoms with van der Waals surface area (Å²) in [6.07, 6.45) is 0. The first kappa shape index (κ1) is 18.0. The molecule has 0 saturated heterocycles. The van der Waals surface area contributed by atoms with E-state index in [1.807, 2.05) is 12.1 Å². The Morgan fingerprint density at radius 2 is 1.88 bits per heavy atom. The summed E-state index contributed by atoms with van der Waals surface area (Å²) >= 11 is 7.16. The Morgan fingerprint density at radius 1 is 1.12 bits per heavy atom. The molecule has 2 aromatic carbocycles. The second-order valence-corrected chi connectivity index (χ2v) is 6.48. The van der Waals surface area contributed by atoms with Gasteiger partial charge in [0.25, 0.3) is 5.91 Å². The fraction of sp³-hybridized carbons (Fsp3) is 0.111. The number of aromatic nitrogens is 1. The molecular formula is C18H16ClN3O3S. The first-order valence-electron chi connectivity index (χ1n) is 7.60. The molecular weight excluding hydrogens is 374 g/mol. The molecule has 0 spiro atoms. The Kier molecular flexibility index (Phi) is 5.60. The highest BCUT2D eigenvalue weighted by Gasteiger charge is 2.13. The molecule has 0 aliphatic carbocycles. The third-order valence-electron chi connectivity index (χ3n) is 3.49. The largest absolute Gasteiger partial charge is 0.497 e. The van der Waals surface area contributed by atoms with Crippen molar-refractivity contribution in [2.24, 2.45) is 0 Å². The van der Waals surface area contributed by atoms with Crippen molar-refractivity contribution in [2.75, 3.05) is 24.9 Å². The summed E-state index contributed by atoms with van der Waals surface area (Å²) < 4.78 is 10.5. The normalized spacial score (nSPS) is 10.3. The second kappa shape index (κ2) is 8.07. The first-order valence-corrected chi connectivity index (χ1v) is 8.86. The summed E-state index contributed by atoms with van der Waals surface area (Å²) in [6.45, 7) is 0. The number of methoxy groups -OCH3 is 2. The number of hydrogen-bond donors (Lipinski definition) is 2. The predicted molar refractivity (Wildman–Crippen MR) is 104 cm³/mol. The molecule has 2 N–H and O–H groups in total. The standard InChI is InChI=1S/C18H16ClN3O3S/c1-24-13-7-8-14(16(9-13)25-2)21-18-22-15(10-26-18)17(23)20-12-5-3-11(19)4-6-12/h3-10H,1-2H3,(H,20,23)(H,21,22). The van der Waals surface area contributed by atoms with Gasteiger partial charge < -0.3 is 20.1 Å².